The first kappa shape index (κ1) is 14.3. The molecular weight excluding hydrogens is 332 g/mol. The van der Waals surface area contributed by atoms with Crippen LogP contribution >= 0.6 is 27.3 Å². The Kier molecular flexibility index (Phi) is 4.56. The number of hydrogen-bond donors (Lipinski definition) is 0. The van der Waals surface area contributed by atoms with E-state index >= 15 is 0 Å². The second-order valence-corrected chi connectivity index (χ2v) is 7.91. The molecular formula is C16H19BrN2S. The predicted octanol–water partition coefficient (Wildman–Crippen LogP) is 4.00. The van der Waals surface area contributed by atoms with Gasteiger partial charge in [0.15, 0.2) is 0 Å². The van der Waals surface area contributed by atoms with Gasteiger partial charge in [-0.2, -0.15) is 0 Å². The number of hydrogen-bond acceptors (Lipinski definition) is 3. The Bertz CT molecular complexity index is 555. The van der Waals surface area contributed by atoms with E-state index in [9.17, 15) is 0 Å². The third kappa shape index (κ3) is 3.31. The van der Waals surface area contributed by atoms with Crippen LogP contribution in [0.25, 0.3) is 0 Å². The number of rotatable bonds is 3. The molecule has 0 N–H and O–H groups in total. The maximum atomic E-state index is 3.56. The molecule has 2 nitrogen and oxygen atoms in total. The third-order valence-electron chi connectivity index (χ3n) is 3.87. The molecule has 1 unspecified atom stereocenters. The van der Waals surface area contributed by atoms with Crippen molar-refractivity contribution >= 4 is 27.3 Å². The topological polar surface area (TPSA) is 6.48 Å². The van der Waals surface area contributed by atoms with Crippen LogP contribution < -0.4 is 0 Å². The molecule has 0 saturated carbocycles. The smallest absolute Gasteiger partial charge is 0.0701 e. The largest absolute Gasteiger partial charge is 0.303 e. The Labute approximate surface area is 133 Å². The zero-order valence-corrected chi connectivity index (χ0v) is 14.0. The summed E-state index contributed by atoms with van der Waals surface area (Å²) in [5, 5.41) is 0. The van der Waals surface area contributed by atoms with E-state index in [1.165, 1.54) is 14.2 Å². The SMILES string of the molecule is CN1CCN(Cc2ccc(Br)s2)C(c2ccccc2)C1. The van der Waals surface area contributed by atoms with Crippen molar-refractivity contribution in [3.05, 3.63) is 56.7 Å². The molecule has 0 bridgehead atoms. The first-order valence-corrected chi connectivity index (χ1v) is 8.55. The van der Waals surface area contributed by atoms with Gasteiger partial charge in [-0.1, -0.05) is 30.3 Å². The summed E-state index contributed by atoms with van der Waals surface area (Å²) in [6.07, 6.45) is 0. The molecule has 1 atom stereocenters. The van der Waals surface area contributed by atoms with Crippen LogP contribution in [0, 0.1) is 0 Å². The highest BCUT2D eigenvalue weighted by molar-refractivity contribution is 9.11. The summed E-state index contributed by atoms with van der Waals surface area (Å²) in [5.74, 6) is 0. The minimum atomic E-state index is 0.496. The molecule has 1 saturated heterocycles. The molecule has 1 aliphatic heterocycles. The van der Waals surface area contributed by atoms with Crippen LogP contribution in [-0.2, 0) is 6.54 Å². The molecule has 1 aromatic heterocycles. The van der Waals surface area contributed by atoms with Crippen LogP contribution in [0.15, 0.2) is 46.3 Å². The van der Waals surface area contributed by atoms with E-state index < -0.39 is 0 Å². The fraction of sp³-hybridized carbons (Fsp3) is 0.375. The number of piperazine rings is 1. The minimum Gasteiger partial charge on any atom is -0.303 e. The number of likely N-dealkylation sites (N-methyl/N-ethyl adjacent to an activating group) is 1. The average molecular weight is 351 g/mol. The van der Waals surface area contributed by atoms with Gasteiger partial charge in [-0.15, -0.1) is 11.3 Å². The molecule has 1 aromatic carbocycles. The standard InChI is InChI=1S/C16H19BrN2S/c1-18-9-10-19(11-14-7-8-16(17)20-14)15(12-18)13-5-3-2-4-6-13/h2-8,15H,9-12H2,1H3. The highest BCUT2D eigenvalue weighted by Crippen LogP contribution is 2.29. The van der Waals surface area contributed by atoms with Gasteiger partial charge >= 0.3 is 0 Å². The van der Waals surface area contributed by atoms with Crippen molar-refractivity contribution in [2.24, 2.45) is 0 Å². The van der Waals surface area contributed by atoms with E-state index in [2.05, 4.69) is 75.2 Å². The summed E-state index contributed by atoms with van der Waals surface area (Å²) in [6.45, 7) is 4.43. The summed E-state index contributed by atoms with van der Waals surface area (Å²) in [5.41, 5.74) is 1.43. The van der Waals surface area contributed by atoms with Crippen molar-refractivity contribution < 1.29 is 0 Å². The van der Waals surface area contributed by atoms with Crippen LogP contribution in [0.2, 0.25) is 0 Å². The molecule has 3 rings (SSSR count). The van der Waals surface area contributed by atoms with Crippen molar-refractivity contribution in [1.82, 2.24) is 9.80 Å². The van der Waals surface area contributed by atoms with Crippen molar-refractivity contribution in [1.29, 1.82) is 0 Å². The first-order valence-electron chi connectivity index (χ1n) is 6.94. The minimum absolute atomic E-state index is 0.496. The van der Waals surface area contributed by atoms with Gasteiger partial charge in [-0.3, -0.25) is 4.90 Å². The Morgan fingerprint density at radius 1 is 1.15 bits per heavy atom. The van der Waals surface area contributed by atoms with Gasteiger partial charge < -0.3 is 4.90 Å². The zero-order valence-electron chi connectivity index (χ0n) is 11.6. The number of thiophene rings is 1. The normalized spacial score (nSPS) is 21.2. The maximum Gasteiger partial charge on any atom is 0.0701 e. The maximum absolute atomic E-state index is 3.56. The average Bonchev–Trinajstić information content (AvgIpc) is 2.87. The number of nitrogens with zero attached hydrogens (tertiary/aromatic N) is 2. The third-order valence-corrected chi connectivity index (χ3v) is 5.47. The van der Waals surface area contributed by atoms with Crippen molar-refractivity contribution in [2.45, 2.75) is 12.6 Å². The lowest BCUT2D eigenvalue weighted by Gasteiger charge is -2.40. The number of halogens is 1. The lowest BCUT2D eigenvalue weighted by Crippen LogP contribution is -2.46. The molecule has 1 aliphatic rings. The van der Waals surface area contributed by atoms with Gasteiger partial charge in [0, 0.05) is 37.1 Å². The van der Waals surface area contributed by atoms with E-state index in [0.717, 1.165) is 26.2 Å². The molecule has 20 heavy (non-hydrogen) atoms. The van der Waals surface area contributed by atoms with Crippen LogP contribution in [0.3, 0.4) is 0 Å². The predicted molar refractivity (Wildman–Crippen MR) is 89.1 cm³/mol. The summed E-state index contributed by atoms with van der Waals surface area (Å²) in [7, 11) is 2.22. The van der Waals surface area contributed by atoms with E-state index in [0.29, 0.717) is 6.04 Å². The molecule has 2 heterocycles. The summed E-state index contributed by atoms with van der Waals surface area (Å²) < 4.78 is 1.22. The monoisotopic (exact) mass is 350 g/mol. The fourth-order valence-electron chi connectivity index (χ4n) is 2.77. The Morgan fingerprint density at radius 3 is 2.65 bits per heavy atom. The molecule has 0 radical (unpaired) electrons. The van der Waals surface area contributed by atoms with Gasteiger partial charge in [0.2, 0.25) is 0 Å². The van der Waals surface area contributed by atoms with Crippen molar-refractivity contribution in [3.8, 4) is 0 Å². The highest BCUT2D eigenvalue weighted by Gasteiger charge is 2.26. The van der Waals surface area contributed by atoms with Crippen LogP contribution in [0.4, 0.5) is 0 Å². The van der Waals surface area contributed by atoms with Gasteiger partial charge in [0.05, 0.1) is 3.79 Å². The van der Waals surface area contributed by atoms with Gasteiger partial charge in [0.25, 0.3) is 0 Å². The first-order chi connectivity index (χ1) is 9.72. The molecule has 0 spiro atoms. The van der Waals surface area contributed by atoms with Crippen LogP contribution in [0.1, 0.15) is 16.5 Å². The van der Waals surface area contributed by atoms with E-state index in [1.54, 1.807) is 0 Å². The zero-order chi connectivity index (χ0) is 13.9. The Hall–Kier alpha value is -0.680. The lowest BCUT2D eigenvalue weighted by atomic mass is 10.0. The summed E-state index contributed by atoms with van der Waals surface area (Å²) in [6, 6.07) is 15.8. The van der Waals surface area contributed by atoms with E-state index in [-0.39, 0.29) is 0 Å². The highest BCUT2D eigenvalue weighted by atomic mass is 79.9. The molecule has 0 amide bonds. The van der Waals surface area contributed by atoms with Crippen LogP contribution in [-0.4, -0.2) is 36.5 Å². The molecule has 4 heteroatoms. The summed E-state index contributed by atoms with van der Waals surface area (Å²) in [4.78, 5) is 6.47. The quantitative estimate of drug-likeness (QED) is 0.825. The van der Waals surface area contributed by atoms with E-state index in [1.807, 2.05) is 11.3 Å². The van der Waals surface area contributed by atoms with Gasteiger partial charge in [-0.05, 0) is 40.7 Å². The molecule has 106 valence electrons. The Morgan fingerprint density at radius 2 is 1.95 bits per heavy atom. The van der Waals surface area contributed by atoms with Gasteiger partial charge in [0.1, 0.15) is 0 Å². The molecule has 1 fully saturated rings. The van der Waals surface area contributed by atoms with Gasteiger partial charge in [-0.25, -0.2) is 0 Å². The second-order valence-electron chi connectivity index (χ2n) is 5.37. The second kappa shape index (κ2) is 6.39. The van der Waals surface area contributed by atoms with Crippen molar-refractivity contribution in [3.63, 3.8) is 0 Å². The van der Waals surface area contributed by atoms with Crippen molar-refractivity contribution in [2.75, 3.05) is 26.7 Å². The Balaban J connectivity index is 1.80. The summed E-state index contributed by atoms with van der Waals surface area (Å²) >= 11 is 5.40. The van der Waals surface area contributed by atoms with Crippen LogP contribution in [0.5, 0.6) is 0 Å². The number of benzene rings is 1. The molecule has 2 aromatic rings. The van der Waals surface area contributed by atoms with E-state index in [4.69, 9.17) is 0 Å². The molecule has 0 aliphatic carbocycles. The fourth-order valence-corrected chi connectivity index (χ4v) is 4.28. The lowest BCUT2D eigenvalue weighted by molar-refractivity contribution is 0.0843.